The largest absolute Gasteiger partial charge is 0.377 e. The lowest BCUT2D eigenvalue weighted by Gasteiger charge is -2.37. The van der Waals surface area contributed by atoms with Crippen LogP contribution in [-0.4, -0.2) is 44.7 Å². The SMILES string of the molecule is Cc1ccc(=O)n(C)c(N2CCN(c3cn(C)nc3C)CC2)ccc(C(C)Nc2ccc(F)cc2S(N)=O)c1. The van der Waals surface area contributed by atoms with Crippen LogP contribution in [0.5, 0.6) is 0 Å². The number of aromatic nitrogens is 3. The van der Waals surface area contributed by atoms with Gasteiger partial charge in [-0.3, -0.25) is 14.0 Å². The number of piperazine rings is 1. The molecule has 4 rings (SSSR count). The van der Waals surface area contributed by atoms with Gasteiger partial charge in [-0.25, -0.2) is 13.7 Å². The lowest BCUT2D eigenvalue weighted by molar-refractivity contribution is 0.622. The minimum Gasteiger partial charge on any atom is -0.377 e. The topological polar surface area (TPSA) is 101 Å². The van der Waals surface area contributed by atoms with E-state index in [9.17, 15) is 13.4 Å². The summed E-state index contributed by atoms with van der Waals surface area (Å²) < 4.78 is 29.3. The number of rotatable bonds is 6. The van der Waals surface area contributed by atoms with Gasteiger partial charge in [-0.05, 0) is 50.6 Å². The Labute approximate surface area is 231 Å². The molecule has 1 aliphatic rings. The highest BCUT2D eigenvalue weighted by atomic mass is 32.2. The van der Waals surface area contributed by atoms with Crippen molar-refractivity contribution in [3.8, 4) is 0 Å². The van der Waals surface area contributed by atoms with Gasteiger partial charge in [0.25, 0.3) is 5.56 Å². The van der Waals surface area contributed by atoms with Crippen LogP contribution >= 0.6 is 0 Å². The summed E-state index contributed by atoms with van der Waals surface area (Å²) in [6.07, 6.45) is 2.04. The van der Waals surface area contributed by atoms with Gasteiger partial charge in [0, 0.05) is 58.6 Å². The summed E-state index contributed by atoms with van der Waals surface area (Å²) in [5, 5.41) is 13.4. The molecule has 0 aliphatic carbocycles. The Morgan fingerprint density at radius 2 is 1.69 bits per heavy atom. The second-order valence-electron chi connectivity index (χ2n) is 9.86. The lowest BCUT2D eigenvalue weighted by atomic mass is 10.1. The molecule has 0 bridgehead atoms. The first-order valence-electron chi connectivity index (χ1n) is 12.8. The molecule has 3 aromatic rings. The van der Waals surface area contributed by atoms with Crippen LogP contribution in [0.1, 0.15) is 29.8 Å². The Morgan fingerprint density at radius 3 is 2.33 bits per heavy atom. The standard InChI is InChI=1S/C28H36FN7O2S/c1-19-6-11-28(37)34(5)27(36-14-12-35(13-15-36)25-18-33(4)32-21(25)3)10-7-22(16-19)20(2)31-24-9-8-23(29)17-26(24)39(30)38/h6-11,16-18,20,31H,12-15,30H2,1-5H3. The van der Waals surface area contributed by atoms with Gasteiger partial charge in [-0.1, -0.05) is 23.8 Å². The highest BCUT2D eigenvalue weighted by Crippen LogP contribution is 2.26. The molecule has 2 atom stereocenters. The zero-order chi connectivity index (χ0) is 28.3. The van der Waals surface area contributed by atoms with E-state index in [1.54, 1.807) is 29.8 Å². The van der Waals surface area contributed by atoms with Crippen LogP contribution in [0.15, 0.2) is 64.4 Å². The second-order valence-corrected chi connectivity index (χ2v) is 10.9. The molecule has 2 unspecified atom stereocenters. The third-order valence-corrected chi connectivity index (χ3v) is 7.72. The van der Waals surface area contributed by atoms with Gasteiger partial charge in [0.05, 0.1) is 22.0 Å². The fourth-order valence-corrected chi connectivity index (χ4v) is 5.40. The quantitative estimate of drug-likeness (QED) is 0.485. The first kappa shape index (κ1) is 28.3. The van der Waals surface area contributed by atoms with Crippen LogP contribution in [0.25, 0.3) is 0 Å². The Balaban J connectivity index is 1.67. The van der Waals surface area contributed by atoms with Crippen LogP contribution < -0.4 is 25.8 Å². The number of aryl methyl sites for hydroxylation is 3. The van der Waals surface area contributed by atoms with Crippen molar-refractivity contribution >= 4 is 28.2 Å². The highest BCUT2D eigenvalue weighted by Gasteiger charge is 2.21. The number of nitrogens with one attached hydrogen (secondary N) is 1. The van der Waals surface area contributed by atoms with Crippen molar-refractivity contribution in [3.05, 3.63) is 87.7 Å². The molecular formula is C28H36FN7O2S. The number of nitrogens with zero attached hydrogens (tertiary/aromatic N) is 5. The maximum absolute atomic E-state index is 13.8. The molecule has 3 heterocycles. The Morgan fingerprint density at radius 1 is 1.00 bits per heavy atom. The van der Waals surface area contributed by atoms with Gasteiger partial charge < -0.3 is 15.1 Å². The molecule has 0 spiro atoms. The third kappa shape index (κ3) is 6.66. The smallest absolute Gasteiger partial charge is 0.251 e. The second kappa shape index (κ2) is 12.0. The lowest BCUT2D eigenvalue weighted by Crippen LogP contribution is -2.47. The normalized spacial score (nSPS) is 15.1. The average molecular weight is 554 g/mol. The highest BCUT2D eigenvalue weighted by molar-refractivity contribution is 7.82. The molecule has 0 radical (unpaired) electrons. The van der Waals surface area contributed by atoms with Gasteiger partial charge in [0.15, 0.2) is 0 Å². The average Bonchev–Trinajstić information content (AvgIpc) is 3.24. The number of anilines is 3. The molecule has 39 heavy (non-hydrogen) atoms. The summed E-state index contributed by atoms with van der Waals surface area (Å²) in [6.45, 7) is 9.01. The van der Waals surface area contributed by atoms with Gasteiger partial charge in [0.2, 0.25) is 0 Å². The van der Waals surface area contributed by atoms with Gasteiger partial charge in [-0.2, -0.15) is 5.10 Å². The molecule has 9 nitrogen and oxygen atoms in total. The van der Waals surface area contributed by atoms with E-state index in [4.69, 9.17) is 5.14 Å². The maximum Gasteiger partial charge on any atom is 0.251 e. The van der Waals surface area contributed by atoms with E-state index in [1.807, 2.05) is 56.9 Å². The maximum atomic E-state index is 13.8. The summed E-state index contributed by atoms with van der Waals surface area (Å²) in [6, 6.07) is 13.1. The van der Waals surface area contributed by atoms with E-state index < -0.39 is 16.8 Å². The summed E-state index contributed by atoms with van der Waals surface area (Å²) in [5.41, 5.74) is 4.35. The van der Waals surface area contributed by atoms with Crippen molar-refractivity contribution < 1.29 is 8.60 Å². The summed E-state index contributed by atoms with van der Waals surface area (Å²) >= 11 is 0. The molecular weight excluding hydrogens is 517 g/mol. The summed E-state index contributed by atoms with van der Waals surface area (Å²) in [5.74, 6) is 0.301. The molecule has 208 valence electrons. The van der Waals surface area contributed by atoms with Crippen LogP contribution in [-0.2, 0) is 25.1 Å². The third-order valence-electron chi connectivity index (χ3n) is 6.95. The molecule has 2 aromatic heterocycles. The number of benzene rings is 1. The zero-order valence-electron chi connectivity index (χ0n) is 23.0. The molecule has 3 N–H and O–H groups in total. The molecule has 1 saturated heterocycles. The Bertz CT molecular complexity index is 1490. The van der Waals surface area contributed by atoms with E-state index in [2.05, 4.69) is 20.2 Å². The van der Waals surface area contributed by atoms with Crippen molar-refractivity contribution in [2.75, 3.05) is 41.3 Å². The van der Waals surface area contributed by atoms with Crippen molar-refractivity contribution in [1.82, 2.24) is 14.3 Å². The first-order chi connectivity index (χ1) is 18.5. The van der Waals surface area contributed by atoms with E-state index in [-0.39, 0.29) is 16.5 Å². The molecule has 1 fully saturated rings. The number of hydrogen-bond acceptors (Lipinski definition) is 6. The van der Waals surface area contributed by atoms with Crippen LogP contribution in [0.3, 0.4) is 0 Å². The zero-order valence-corrected chi connectivity index (χ0v) is 23.8. The number of nitrogens with two attached hydrogens (primary N) is 1. The Hall–Kier alpha value is -3.70. The van der Waals surface area contributed by atoms with Gasteiger partial charge in [-0.15, -0.1) is 0 Å². The first-order valence-corrected chi connectivity index (χ1v) is 14.0. The van der Waals surface area contributed by atoms with Crippen LogP contribution in [0, 0.1) is 19.7 Å². The van der Waals surface area contributed by atoms with Crippen molar-refractivity contribution in [1.29, 1.82) is 0 Å². The fourth-order valence-electron chi connectivity index (χ4n) is 4.83. The van der Waals surface area contributed by atoms with Crippen LogP contribution in [0.2, 0.25) is 0 Å². The number of halogens is 1. The molecule has 11 heteroatoms. The van der Waals surface area contributed by atoms with Crippen molar-refractivity contribution in [3.63, 3.8) is 0 Å². The Kier molecular flexibility index (Phi) is 8.71. The molecule has 1 aliphatic heterocycles. The minimum absolute atomic E-state index is 0.107. The van der Waals surface area contributed by atoms with E-state index in [0.717, 1.165) is 54.5 Å². The summed E-state index contributed by atoms with van der Waals surface area (Å²) in [4.78, 5) is 17.7. The van der Waals surface area contributed by atoms with Gasteiger partial charge >= 0.3 is 0 Å². The van der Waals surface area contributed by atoms with E-state index in [0.29, 0.717) is 5.69 Å². The molecule has 0 amide bonds. The number of hydrogen-bond donors (Lipinski definition) is 2. The molecule has 0 saturated carbocycles. The molecule has 1 aromatic carbocycles. The fraction of sp³-hybridized carbons (Fsp3) is 0.357. The predicted octanol–water partition coefficient (Wildman–Crippen LogP) is 3.48. The van der Waals surface area contributed by atoms with Crippen LogP contribution in [0.4, 0.5) is 21.6 Å². The summed E-state index contributed by atoms with van der Waals surface area (Å²) in [7, 11) is 1.86. The monoisotopic (exact) mass is 553 g/mol. The van der Waals surface area contributed by atoms with E-state index >= 15 is 0 Å². The minimum atomic E-state index is -1.85. The van der Waals surface area contributed by atoms with E-state index in [1.165, 1.54) is 12.1 Å². The predicted molar refractivity (Wildman–Crippen MR) is 155 cm³/mol. The van der Waals surface area contributed by atoms with Gasteiger partial charge in [0.1, 0.15) is 22.6 Å². The van der Waals surface area contributed by atoms with Crippen molar-refractivity contribution in [2.24, 2.45) is 19.2 Å². The van der Waals surface area contributed by atoms with Crippen molar-refractivity contribution in [2.45, 2.75) is 31.7 Å².